The van der Waals surface area contributed by atoms with Crippen molar-refractivity contribution in [2.24, 2.45) is 0 Å². The summed E-state index contributed by atoms with van der Waals surface area (Å²) in [6.07, 6.45) is 2.10. The molecule has 1 aromatic carbocycles. The molecule has 4 rings (SSSR count). The van der Waals surface area contributed by atoms with Crippen LogP contribution in [0, 0.1) is 18.3 Å². The summed E-state index contributed by atoms with van der Waals surface area (Å²) in [7, 11) is 0. The lowest BCUT2D eigenvalue weighted by atomic mass is 10.1. The Morgan fingerprint density at radius 3 is 2.83 bits per heavy atom. The van der Waals surface area contributed by atoms with E-state index >= 15 is 0 Å². The number of aromatic nitrogens is 2. The molecule has 1 fully saturated rings. The summed E-state index contributed by atoms with van der Waals surface area (Å²) in [5.74, 6) is 0.597. The molecule has 2 aromatic heterocycles. The van der Waals surface area contributed by atoms with Crippen molar-refractivity contribution in [1.82, 2.24) is 15.3 Å². The lowest BCUT2D eigenvalue weighted by Crippen LogP contribution is -2.29. The first-order chi connectivity index (χ1) is 14.4. The Labute approximate surface area is 182 Å². The van der Waals surface area contributed by atoms with Gasteiger partial charge in [-0.2, -0.15) is 5.26 Å². The topological polar surface area (TPSA) is 95.7 Å². The number of ketones is 1. The average Bonchev–Trinajstić information content (AvgIpc) is 3.42. The van der Waals surface area contributed by atoms with Gasteiger partial charge in [-0.25, -0.2) is 9.97 Å². The number of benzene rings is 1. The molecule has 30 heavy (non-hydrogen) atoms. The molecule has 1 unspecified atom stereocenters. The minimum atomic E-state index is -0.261. The fourth-order valence-corrected chi connectivity index (χ4v) is 5.04. The third-order valence-corrected chi connectivity index (χ3v) is 7.19. The van der Waals surface area contributed by atoms with Crippen LogP contribution in [-0.4, -0.2) is 33.5 Å². The fourth-order valence-electron chi connectivity index (χ4n) is 3.01. The molecule has 1 N–H and O–H groups in total. The van der Waals surface area contributed by atoms with Crippen LogP contribution < -0.4 is 5.32 Å². The van der Waals surface area contributed by atoms with Crippen LogP contribution >= 0.6 is 23.1 Å². The van der Waals surface area contributed by atoms with E-state index in [4.69, 9.17) is 5.26 Å². The molecule has 0 radical (unpaired) electrons. The highest BCUT2D eigenvalue weighted by atomic mass is 32.2. The van der Waals surface area contributed by atoms with E-state index in [1.807, 2.05) is 19.9 Å². The van der Waals surface area contributed by atoms with Crippen molar-refractivity contribution >= 4 is 45.7 Å². The SMILES string of the molecule is Cc1nc(SCC(=O)c2ccc(C(C)C(=O)NC3CC3)s2)c2cc(C#N)ccc2n1. The second kappa shape index (κ2) is 8.54. The lowest BCUT2D eigenvalue weighted by Gasteiger charge is -2.09. The number of Topliss-reactive ketones (excluding diaryl/α,β-unsaturated/α-hetero) is 1. The number of nitriles is 1. The molecular formula is C22H20N4O2S2. The Kier molecular flexibility index (Phi) is 5.84. The van der Waals surface area contributed by atoms with Crippen molar-refractivity contribution in [3.05, 3.63) is 51.5 Å². The van der Waals surface area contributed by atoms with E-state index in [9.17, 15) is 9.59 Å². The smallest absolute Gasteiger partial charge is 0.228 e. The van der Waals surface area contributed by atoms with Gasteiger partial charge < -0.3 is 5.32 Å². The first kappa shape index (κ1) is 20.5. The highest BCUT2D eigenvalue weighted by molar-refractivity contribution is 8.00. The second-order valence-corrected chi connectivity index (χ2v) is 9.42. The van der Waals surface area contributed by atoms with E-state index in [1.54, 1.807) is 24.3 Å². The van der Waals surface area contributed by atoms with Gasteiger partial charge in [0.15, 0.2) is 5.78 Å². The van der Waals surface area contributed by atoms with E-state index in [2.05, 4.69) is 21.4 Å². The van der Waals surface area contributed by atoms with E-state index in [-0.39, 0.29) is 23.4 Å². The summed E-state index contributed by atoms with van der Waals surface area (Å²) in [4.78, 5) is 35.4. The van der Waals surface area contributed by atoms with Gasteiger partial charge in [0.05, 0.1) is 33.7 Å². The summed E-state index contributed by atoms with van der Waals surface area (Å²) in [5, 5.41) is 13.6. The first-order valence-electron chi connectivity index (χ1n) is 9.69. The van der Waals surface area contributed by atoms with E-state index in [0.717, 1.165) is 28.6 Å². The molecule has 1 atom stereocenters. The number of nitrogens with one attached hydrogen (secondary N) is 1. The molecule has 152 valence electrons. The average molecular weight is 437 g/mol. The van der Waals surface area contributed by atoms with Crippen LogP contribution in [0.1, 0.15) is 51.6 Å². The molecule has 1 saturated carbocycles. The molecule has 0 spiro atoms. The van der Waals surface area contributed by atoms with Gasteiger partial charge in [0.25, 0.3) is 0 Å². The molecule has 1 aliphatic rings. The van der Waals surface area contributed by atoms with E-state index in [1.165, 1.54) is 23.1 Å². The molecule has 1 aliphatic carbocycles. The summed E-state index contributed by atoms with van der Waals surface area (Å²) >= 11 is 2.72. The minimum Gasteiger partial charge on any atom is -0.353 e. The van der Waals surface area contributed by atoms with Gasteiger partial charge in [0.2, 0.25) is 5.91 Å². The van der Waals surface area contributed by atoms with Crippen molar-refractivity contribution in [2.45, 2.75) is 43.7 Å². The van der Waals surface area contributed by atoms with Gasteiger partial charge in [0.1, 0.15) is 10.9 Å². The molecule has 6 nitrogen and oxygen atoms in total. The molecule has 3 aromatic rings. The van der Waals surface area contributed by atoms with Gasteiger partial charge >= 0.3 is 0 Å². The number of thioether (sulfide) groups is 1. The van der Waals surface area contributed by atoms with Crippen molar-refractivity contribution in [1.29, 1.82) is 5.26 Å². The Hall–Kier alpha value is -2.76. The number of thiophene rings is 1. The van der Waals surface area contributed by atoms with Gasteiger partial charge in [-0.15, -0.1) is 11.3 Å². The summed E-state index contributed by atoms with van der Waals surface area (Å²) < 4.78 is 0. The summed E-state index contributed by atoms with van der Waals surface area (Å²) in [6.45, 7) is 3.68. The largest absolute Gasteiger partial charge is 0.353 e. The number of amides is 1. The lowest BCUT2D eigenvalue weighted by molar-refractivity contribution is -0.122. The molecule has 1 amide bonds. The summed E-state index contributed by atoms with van der Waals surface area (Å²) in [5.41, 5.74) is 1.29. The van der Waals surface area contributed by atoms with Crippen LogP contribution in [0.25, 0.3) is 10.9 Å². The molecule has 2 heterocycles. The number of fused-ring (bicyclic) bond motifs is 1. The monoisotopic (exact) mass is 436 g/mol. The standard InChI is InChI=1S/C22H20N4O2S2/c1-12(21(28)26-15-4-5-15)19-7-8-20(30-19)18(27)11-29-22-16-9-14(10-23)3-6-17(16)24-13(2)25-22/h3,6-9,12,15H,4-5,11H2,1-2H3,(H,26,28). The quantitative estimate of drug-likeness (QED) is 0.338. The highest BCUT2D eigenvalue weighted by Gasteiger charge is 2.27. The van der Waals surface area contributed by atoms with Crippen LogP contribution in [0.5, 0.6) is 0 Å². The zero-order valence-corrected chi connectivity index (χ0v) is 18.3. The van der Waals surface area contributed by atoms with E-state index < -0.39 is 0 Å². The van der Waals surface area contributed by atoms with Gasteiger partial charge in [-0.05, 0) is 57.0 Å². The van der Waals surface area contributed by atoms with Crippen LogP contribution in [0.4, 0.5) is 0 Å². The van der Waals surface area contributed by atoms with Crippen LogP contribution in [0.3, 0.4) is 0 Å². The number of rotatable bonds is 7. The maximum atomic E-state index is 12.7. The predicted molar refractivity (Wildman–Crippen MR) is 118 cm³/mol. The Morgan fingerprint density at radius 1 is 1.30 bits per heavy atom. The van der Waals surface area contributed by atoms with Crippen LogP contribution in [-0.2, 0) is 4.79 Å². The molecule has 0 saturated heterocycles. The van der Waals surface area contributed by atoms with Gasteiger partial charge in [0, 0.05) is 16.3 Å². The third kappa shape index (κ3) is 4.53. The zero-order chi connectivity index (χ0) is 21.3. The molecule has 8 heteroatoms. The van der Waals surface area contributed by atoms with E-state index in [0.29, 0.717) is 27.3 Å². The number of carbonyl (C=O) groups is 2. The summed E-state index contributed by atoms with van der Waals surface area (Å²) in [6, 6.07) is 11.4. The number of carbonyl (C=O) groups excluding carboxylic acids is 2. The van der Waals surface area contributed by atoms with Crippen molar-refractivity contribution < 1.29 is 9.59 Å². The number of hydrogen-bond acceptors (Lipinski definition) is 7. The van der Waals surface area contributed by atoms with Gasteiger partial charge in [-0.1, -0.05) is 11.8 Å². The maximum absolute atomic E-state index is 12.7. The number of aryl methyl sites for hydroxylation is 1. The fraction of sp³-hybridized carbons (Fsp3) is 0.318. The Bertz CT molecular complexity index is 1180. The zero-order valence-electron chi connectivity index (χ0n) is 16.6. The Balaban J connectivity index is 1.47. The number of hydrogen-bond donors (Lipinski definition) is 1. The maximum Gasteiger partial charge on any atom is 0.228 e. The van der Waals surface area contributed by atoms with Crippen molar-refractivity contribution in [3.63, 3.8) is 0 Å². The first-order valence-corrected chi connectivity index (χ1v) is 11.5. The molecule has 0 aliphatic heterocycles. The minimum absolute atomic E-state index is 0.00750. The molecular weight excluding hydrogens is 416 g/mol. The van der Waals surface area contributed by atoms with Gasteiger partial charge in [-0.3, -0.25) is 9.59 Å². The highest BCUT2D eigenvalue weighted by Crippen LogP contribution is 2.30. The molecule has 0 bridgehead atoms. The predicted octanol–water partition coefficient (Wildman–Crippen LogP) is 4.23. The van der Waals surface area contributed by atoms with Crippen LogP contribution in [0.15, 0.2) is 35.4 Å². The Morgan fingerprint density at radius 2 is 2.10 bits per heavy atom. The third-order valence-electron chi connectivity index (χ3n) is 4.89. The normalized spacial score (nSPS) is 14.3. The second-order valence-electron chi connectivity index (χ2n) is 7.34. The van der Waals surface area contributed by atoms with Crippen molar-refractivity contribution in [3.8, 4) is 6.07 Å². The van der Waals surface area contributed by atoms with Crippen molar-refractivity contribution in [2.75, 3.05) is 5.75 Å². The number of nitrogens with zero attached hydrogens (tertiary/aromatic N) is 3. The van der Waals surface area contributed by atoms with Crippen LogP contribution in [0.2, 0.25) is 0 Å².